The Morgan fingerprint density at radius 2 is 1.91 bits per heavy atom. The van der Waals surface area contributed by atoms with Crippen LogP contribution in [0.5, 0.6) is 5.75 Å². The molecule has 0 aliphatic carbocycles. The predicted octanol–water partition coefficient (Wildman–Crippen LogP) is 5.13. The van der Waals surface area contributed by atoms with Gasteiger partial charge in [0.15, 0.2) is 5.76 Å². The quantitative estimate of drug-likeness (QED) is 0.506. The monoisotopic (exact) mass is 460 g/mol. The number of carbonyl (C=O) groups is 2. The molecule has 0 fully saturated rings. The van der Waals surface area contributed by atoms with Gasteiger partial charge in [0.05, 0.1) is 6.04 Å². The molecule has 6 heteroatoms. The largest absolute Gasteiger partial charge is 0.486 e. The maximum absolute atomic E-state index is 13.1. The minimum atomic E-state index is -0.220. The van der Waals surface area contributed by atoms with Crippen molar-refractivity contribution in [2.45, 2.75) is 46.3 Å². The van der Waals surface area contributed by atoms with Crippen LogP contribution in [-0.2, 0) is 17.8 Å². The number of rotatable bonds is 8. The summed E-state index contributed by atoms with van der Waals surface area (Å²) in [5.41, 5.74) is 3.40. The van der Waals surface area contributed by atoms with E-state index in [4.69, 9.17) is 9.15 Å². The second-order valence-electron chi connectivity index (χ2n) is 8.92. The summed E-state index contributed by atoms with van der Waals surface area (Å²) in [6, 6.07) is 19.5. The molecule has 1 aliphatic heterocycles. The van der Waals surface area contributed by atoms with Gasteiger partial charge in [0.2, 0.25) is 5.91 Å². The van der Waals surface area contributed by atoms with Crippen LogP contribution in [0.15, 0.2) is 65.1 Å². The molecule has 0 saturated heterocycles. The van der Waals surface area contributed by atoms with E-state index in [0.717, 1.165) is 24.0 Å². The minimum absolute atomic E-state index is 0.0742. The van der Waals surface area contributed by atoms with Gasteiger partial charge in [-0.25, -0.2) is 0 Å². The Morgan fingerprint density at radius 1 is 1.12 bits per heavy atom. The second-order valence-corrected chi connectivity index (χ2v) is 8.92. The Bertz CT molecular complexity index is 1140. The SMILES string of the molecule is CCCNC(=O)c1ccc(COc2ccc3c(c2)[C@H](c2ccccc2)N(C(=O)C(C)C)CC3)o1. The van der Waals surface area contributed by atoms with E-state index in [2.05, 4.69) is 23.5 Å². The zero-order chi connectivity index (χ0) is 24.1. The molecule has 0 saturated carbocycles. The molecule has 0 unspecified atom stereocenters. The predicted molar refractivity (Wildman–Crippen MR) is 131 cm³/mol. The van der Waals surface area contributed by atoms with E-state index in [1.165, 1.54) is 5.56 Å². The molecule has 6 nitrogen and oxygen atoms in total. The average molecular weight is 461 g/mol. The summed E-state index contributed by atoms with van der Waals surface area (Å²) in [5.74, 6) is 1.42. The Morgan fingerprint density at radius 3 is 2.65 bits per heavy atom. The molecule has 3 aromatic rings. The summed E-state index contributed by atoms with van der Waals surface area (Å²) >= 11 is 0. The number of ether oxygens (including phenoxy) is 1. The molecule has 1 aliphatic rings. The number of benzene rings is 2. The Labute approximate surface area is 200 Å². The van der Waals surface area contributed by atoms with Gasteiger partial charge in [0.1, 0.15) is 18.1 Å². The van der Waals surface area contributed by atoms with Crippen LogP contribution in [0.4, 0.5) is 0 Å². The Kier molecular flexibility index (Phi) is 7.36. The molecule has 178 valence electrons. The van der Waals surface area contributed by atoms with Crippen LogP contribution >= 0.6 is 0 Å². The Balaban J connectivity index is 1.56. The summed E-state index contributed by atoms with van der Waals surface area (Å²) in [7, 11) is 0. The lowest BCUT2D eigenvalue weighted by Crippen LogP contribution is -2.42. The molecule has 2 amide bonds. The lowest BCUT2D eigenvalue weighted by atomic mass is 9.87. The van der Waals surface area contributed by atoms with Gasteiger partial charge in [-0.1, -0.05) is 57.2 Å². The zero-order valence-electron chi connectivity index (χ0n) is 20.0. The van der Waals surface area contributed by atoms with Gasteiger partial charge in [-0.05, 0) is 53.8 Å². The maximum atomic E-state index is 13.1. The number of fused-ring (bicyclic) bond motifs is 1. The highest BCUT2D eigenvalue weighted by atomic mass is 16.5. The smallest absolute Gasteiger partial charge is 0.286 e. The van der Waals surface area contributed by atoms with Crippen molar-refractivity contribution in [2.75, 3.05) is 13.1 Å². The van der Waals surface area contributed by atoms with Gasteiger partial charge in [-0.3, -0.25) is 9.59 Å². The third-order valence-electron chi connectivity index (χ3n) is 6.04. The molecular weight excluding hydrogens is 428 g/mol. The van der Waals surface area contributed by atoms with Crippen LogP contribution in [0.3, 0.4) is 0 Å². The lowest BCUT2D eigenvalue weighted by molar-refractivity contribution is -0.136. The topological polar surface area (TPSA) is 71.8 Å². The molecular formula is C28H32N2O4. The van der Waals surface area contributed by atoms with Gasteiger partial charge in [0, 0.05) is 19.0 Å². The summed E-state index contributed by atoms with van der Waals surface area (Å²) in [5, 5.41) is 2.81. The maximum Gasteiger partial charge on any atom is 0.286 e. The van der Waals surface area contributed by atoms with Crippen LogP contribution in [0.2, 0.25) is 0 Å². The summed E-state index contributed by atoms with van der Waals surface area (Å²) in [6.45, 7) is 7.41. The molecule has 2 aromatic carbocycles. The van der Waals surface area contributed by atoms with E-state index in [0.29, 0.717) is 24.6 Å². The van der Waals surface area contributed by atoms with E-state index in [1.807, 2.05) is 56.0 Å². The van der Waals surface area contributed by atoms with Crippen LogP contribution in [0.25, 0.3) is 0 Å². The van der Waals surface area contributed by atoms with Gasteiger partial charge < -0.3 is 19.4 Å². The van der Waals surface area contributed by atoms with E-state index < -0.39 is 0 Å². The molecule has 34 heavy (non-hydrogen) atoms. The van der Waals surface area contributed by atoms with E-state index in [1.54, 1.807) is 12.1 Å². The summed E-state index contributed by atoms with van der Waals surface area (Å²) in [6.07, 6.45) is 1.68. The Hall–Kier alpha value is -3.54. The molecule has 0 radical (unpaired) electrons. The first-order valence-electron chi connectivity index (χ1n) is 12.0. The number of hydrogen-bond donors (Lipinski definition) is 1. The summed E-state index contributed by atoms with van der Waals surface area (Å²) in [4.78, 5) is 27.1. The average Bonchev–Trinajstić information content (AvgIpc) is 3.34. The van der Waals surface area contributed by atoms with Crippen LogP contribution in [0.1, 0.15) is 66.2 Å². The highest BCUT2D eigenvalue weighted by Gasteiger charge is 2.33. The molecule has 0 bridgehead atoms. The highest BCUT2D eigenvalue weighted by molar-refractivity contribution is 5.91. The molecule has 2 heterocycles. The molecule has 0 spiro atoms. The number of furan rings is 1. The minimum Gasteiger partial charge on any atom is -0.486 e. The van der Waals surface area contributed by atoms with Gasteiger partial charge in [0.25, 0.3) is 5.91 Å². The molecule has 1 aromatic heterocycles. The first-order valence-corrected chi connectivity index (χ1v) is 12.0. The van der Waals surface area contributed by atoms with Crippen LogP contribution in [-0.4, -0.2) is 29.8 Å². The van der Waals surface area contributed by atoms with Crippen molar-refractivity contribution in [1.82, 2.24) is 10.2 Å². The van der Waals surface area contributed by atoms with Crippen molar-refractivity contribution < 1.29 is 18.7 Å². The van der Waals surface area contributed by atoms with Crippen molar-refractivity contribution in [3.05, 3.63) is 88.9 Å². The van der Waals surface area contributed by atoms with Crippen molar-refractivity contribution in [2.24, 2.45) is 5.92 Å². The van der Waals surface area contributed by atoms with Gasteiger partial charge in [-0.15, -0.1) is 0 Å². The van der Waals surface area contributed by atoms with Gasteiger partial charge in [-0.2, -0.15) is 0 Å². The number of nitrogens with one attached hydrogen (secondary N) is 1. The third kappa shape index (κ3) is 5.16. The normalized spacial score (nSPS) is 15.2. The van der Waals surface area contributed by atoms with E-state index in [9.17, 15) is 9.59 Å². The molecule has 1 N–H and O–H groups in total. The van der Waals surface area contributed by atoms with Crippen molar-refractivity contribution in [3.63, 3.8) is 0 Å². The number of amides is 2. The zero-order valence-corrected chi connectivity index (χ0v) is 20.0. The van der Waals surface area contributed by atoms with Crippen molar-refractivity contribution >= 4 is 11.8 Å². The fourth-order valence-corrected chi connectivity index (χ4v) is 4.30. The first kappa shape index (κ1) is 23.6. The van der Waals surface area contributed by atoms with Crippen LogP contribution < -0.4 is 10.1 Å². The van der Waals surface area contributed by atoms with E-state index >= 15 is 0 Å². The standard InChI is InChI=1S/C28H32N2O4/c1-4-15-29-27(31)25-13-12-23(34-25)18-33-22-11-10-20-14-16-30(28(32)19(2)3)26(24(20)17-22)21-8-6-5-7-9-21/h5-13,17,19,26H,4,14-16,18H2,1-3H3,(H,29,31)/t26-/m0/s1. The van der Waals surface area contributed by atoms with Gasteiger partial charge >= 0.3 is 0 Å². The first-order chi connectivity index (χ1) is 16.5. The fourth-order valence-electron chi connectivity index (χ4n) is 4.30. The van der Waals surface area contributed by atoms with E-state index in [-0.39, 0.29) is 36.1 Å². The number of hydrogen-bond acceptors (Lipinski definition) is 4. The number of carbonyl (C=O) groups excluding carboxylic acids is 2. The molecule has 4 rings (SSSR count). The van der Waals surface area contributed by atoms with Crippen LogP contribution in [0, 0.1) is 5.92 Å². The molecule has 1 atom stereocenters. The lowest BCUT2D eigenvalue weighted by Gasteiger charge is -2.39. The number of nitrogens with zero attached hydrogens (tertiary/aromatic N) is 1. The van der Waals surface area contributed by atoms with Crippen molar-refractivity contribution in [1.29, 1.82) is 0 Å². The summed E-state index contributed by atoms with van der Waals surface area (Å²) < 4.78 is 11.7. The highest BCUT2D eigenvalue weighted by Crippen LogP contribution is 2.38. The van der Waals surface area contributed by atoms with Crippen molar-refractivity contribution in [3.8, 4) is 5.75 Å². The third-order valence-corrected chi connectivity index (χ3v) is 6.04. The second kappa shape index (κ2) is 10.6. The fraction of sp³-hybridized carbons (Fsp3) is 0.357.